The SMILES string of the molecule is CN(C)C(=O)Cc1ccc(NC(=O)CCl)cc1. The van der Waals surface area contributed by atoms with E-state index in [-0.39, 0.29) is 17.7 Å². The molecular formula is C12H15ClN2O2. The number of hydrogen-bond acceptors (Lipinski definition) is 2. The molecule has 0 bridgehead atoms. The van der Waals surface area contributed by atoms with E-state index < -0.39 is 0 Å². The number of halogens is 1. The van der Waals surface area contributed by atoms with Crippen LogP contribution in [0.2, 0.25) is 0 Å². The standard InChI is InChI=1S/C12H15ClN2O2/c1-15(2)12(17)7-9-3-5-10(6-4-9)14-11(16)8-13/h3-6H,7-8H2,1-2H3,(H,14,16). The second-order valence-electron chi connectivity index (χ2n) is 3.84. The van der Waals surface area contributed by atoms with E-state index in [2.05, 4.69) is 5.32 Å². The molecule has 0 saturated heterocycles. The lowest BCUT2D eigenvalue weighted by molar-refractivity contribution is -0.128. The Balaban J connectivity index is 2.62. The van der Waals surface area contributed by atoms with E-state index >= 15 is 0 Å². The minimum absolute atomic E-state index is 0.0440. The molecule has 0 spiro atoms. The van der Waals surface area contributed by atoms with Gasteiger partial charge in [0.25, 0.3) is 0 Å². The zero-order valence-electron chi connectivity index (χ0n) is 9.87. The molecule has 0 aliphatic rings. The van der Waals surface area contributed by atoms with Crippen molar-refractivity contribution in [2.75, 3.05) is 25.3 Å². The molecule has 1 rings (SSSR count). The third kappa shape index (κ3) is 4.44. The summed E-state index contributed by atoms with van der Waals surface area (Å²) in [7, 11) is 3.44. The van der Waals surface area contributed by atoms with Crippen LogP contribution in [0.25, 0.3) is 0 Å². The predicted octanol–water partition coefficient (Wildman–Crippen LogP) is 1.49. The summed E-state index contributed by atoms with van der Waals surface area (Å²) in [5.41, 5.74) is 1.59. The molecule has 92 valence electrons. The van der Waals surface area contributed by atoms with E-state index in [9.17, 15) is 9.59 Å². The van der Waals surface area contributed by atoms with Gasteiger partial charge in [-0.05, 0) is 17.7 Å². The summed E-state index contributed by atoms with van der Waals surface area (Å²) in [6.45, 7) is 0. The largest absolute Gasteiger partial charge is 0.349 e. The molecule has 0 unspecified atom stereocenters. The van der Waals surface area contributed by atoms with Crippen molar-refractivity contribution in [3.8, 4) is 0 Å². The van der Waals surface area contributed by atoms with Gasteiger partial charge in [0.2, 0.25) is 11.8 Å². The number of rotatable bonds is 4. The van der Waals surface area contributed by atoms with Crippen LogP contribution in [0, 0.1) is 0 Å². The van der Waals surface area contributed by atoms with Crippen molar-refractivity contribution >= 4 is 29.1 Å². The summed E-state index contributed by atoms with van der Waals surface area (Å²) < 4.78 is 0. The summed E-state index contributed by atoms with van der Waals surface area (Å²) in [6, 6.07) is 7.13. The lowest BCUT2D eigenvalue weighted by Gasteiger charge is -2.10. The minimum Gasteiger partial charge on any atom is -0.349 e. The smallest absolute Gasteiger partial charge is 0.239 e. The molecule has 0 atom stereocenters. The fourth-order valence-electron chi connectivity index (χ4n) is 1.23. The van der Waals surface area contributed by atoms with Crippen molar-refractivity contribution < 1.29 is 9.59 Å². The van der Waals surface area contributed by atoms with Crippen molar-refractivity contribution in [2.45, 2.75) is 6.42 Å². The van der Waals surface area contributed by atoms with Gasteiger partial charge in [0.1, 0.15) is 5.88 Å². The Morgan fingerprint density at radius 1 is 1.24 bits per heavy atom. The lowest BCUT2D eigenvalue weighted by atomic mass is 10.1. The van der Waals surface area contributed by atoms with Crippen LogP contribution in [-0.2, 0) is 16.0 Å². The topological polar surface area (TPSA) is 49.4 Å². The van der Waals surface area contributed by atoms with E-state index in [4.69, 9.17) is 11.6 Å². The first-order chi connectivity index (χ1) is 8.02. The Labute approximate surface area is 106 Å². The van der Waals surface area contributed by atoms with Crippen LogP contribution >= 0.6 is 11.6 Å². The van der Waals surface area contributed by atoms with Gasteiger partial charge in [-0.3, -0.25) is 9.59 Å². The van der Waals surface area contributed by atoms with Crippen LogP contribution < -0.4 is 5.32 Å². The van der Waals surface area contributed by atoms with E-state index in [1.807, 2.05) is 12.1 Å². The fraction of sp³-hybridized carbons (Fsp3) is 0.333. The average Bonchev–Trinajstić information content (AvgIpc) is 2.31. The maximum atomic E-state index is 11.5. The zero-order chi connectivity index (χ0) is 12.8. The van der Waals surface area contributed by atoms with Gasteiger partial charge in [-0.2, -0.15) is 0 Å². The van der Waals surface area contributed by atoms with Crippen LogP contribution in [0.3, 0.4) is 0 Å². The molecule has 1 aromatic rings. The molecule has 2 amide bonds. The van der Waals surface area contributed by atoms with Gasteiger partial charge >= 0.3 is 0 Å². The highest BCUT2D eigenvalue weighted by atomic mass is 35.5. The van der Waals surface area contributed by atoms with Crippen LogP contribution in [0.15, 0.2) is 24.3 Å². The molecule has 5 heteroatoms. The Hall–Kier alpha value is -1.55. The van der Waals surface area contributed by atoms with Crippen LogP contribution in [-0.4, -0.2) is 36.7 Å². The number of nitrogens with one attached hydrogen (secondary N) is 1. The minimum atomic E-state index is -0.246. The molecule has 1 aromatic carbocycles. The molecule has 4 nitrogen and oxygen atoms in total. The summed E-state index contributed by atoms with van der Waals surface area (Å²) >= 11 is 5.37. The van der Waals surface area contributed by atoms with E-state index in [0.29, 0.717) is 12.1 Å². The number of benzene rings is 1. The molecule has 0 heterocycles. The maximum absolute atomic E-state index is 11.5. The van der Waals surface area contributed by atoms with Gasteiger partial charge in [0, 0.05) is 19.8 Å². The highest BCUT2D eigenvalue weighted by molar-refractivity contribution is 6.29. The summed E-state index contributed by atoms with van der Waals surface area (Å²) in [6.07, 6.45) is 0.358. The van der Waals surface area contributed by atoms with Crippen molar-refractivity contribution in [1.82, 2.24) is 4.90 Å². The number of carbonyl (C=O) groups excluding carboxylic acids is 2. The molecular weight excluding hydrogens is 240 g/mol. The van der Waals surface area contributed by atoms with Crippen LogP contribution in [0.1, 0.15) is 5.56 Å². The summed E-state index contributed by atoms with van der Waals surface area (Å²) in [5.74, 6) is -0.271. The summed E-state index contributed by atoms with van der Waals surface area (Å²) in [4.78, 5) is 24.0. The van der Waals surface area contributed by atoms with Crippen molar-refractivity contribution in [1.29, 1.82) is 0 Å². The maximum Gasteiger partial charge on any atom is 0.239 e. The second-order valence-corrected chi connectivity index (χ2v) is 4.11. The first-order valence-corrected chi connectivity index (χ1v) is 5.71. The number of carbonyl (C=O) groups is 2. The van der Waals surface area contributed by atoms with Gasteiger partial charge in [-0.1, -0.05) is 12.1 Å². The molecule has 0 aliphatic heterocycles. The summed E-state index contributed by atoms with van der Waals surface area (Å²) in [5, 5.41) is 2.63. The lowest BCUT2D eigenvalue weighted by Crippen LogP contribution is -2.23. The number of nitrogens with zero attached hydrogens (tertiary/aromatic N) is 1. The third-order valence-electron chi connectivity index (χ3n) is 2.21. The molecule has 0 aromatic heterocycles. The second kappa shape index (κ2) is 6.25. The first kappa shape index (κ1) is 13.5. The number of hydrogen-bond donors (Lipinski definition) is 1. The molecule has 1 N–H and O–H groups in total. The molecule has 0 saturated carbocycles. The highest BCUT2D eigenvalue weighted by Crippen LogP contribution is 2.10. The third-order valence-corrected chi connectivity index (χ3v) is 2.46. The average molecular weight is 255 g/mol. The normalized spacial score (nSPS) is 9.82. The Morgan fingerprint density at radius 2 is 1.82 bits per heavy atom. The van der Waals surface area contributed by atoms with Crippen molar-refractivity contribution in [3.63, 3.8) is 0 Å². The van der Waals surface area contributed by atoms with E-state index in [1.54, 1.807) is 31.1 Å². The molecule has 17 heavy (non-hydrogen) atoms. The molecule has 0 radical (unpaired) electrons. The Kier molecular flexibility index (Phi) is 4.97. The first-order valence-electron chi connectivity index (χ1n) is 5.18. The number of likely N-dealkylation sites (N-methyl/N-ethyl adjacent to an activating group) is 1. The molecule has 0 aliphatic carbocycles. The zero-order valence-corrected chi connectivity index (χ0v) is 10.6. The van der Waals surface area contributed by atoms with Crippen LogP contribution in [0.5, 0.6) is 0 Å². The van der Waals surface area contributed by atoms with Gasteiger partial charge in [-0.15, -0.1) is 11.6 Å². The Bertz CT molecular complexity index is 401. The quantitative estimate of drug-likeness (QED) is 0.828. The van der Waals surface area contributed by atoms with Crippen molar-refractivity contribution in [2.24, 2.45) is 0 Å². The monoisotopic (exact) mass is 254 g/mol. The van der Waals surface area contributed by atoms with E-state index in [1.165, 1.54) is 0 Å². The number of alkyl halides is 1. The van der Waals surface area contributed by atoms with Crippen molar-refractivity contribution in [3.05, 3.63) is 29.8 Å². The number of anilines is 1. The Morgan fingerprint density at radius 3 is 2.29 bits per heavy atom. The van der Waals surface area contributed by atoms with Gasteiger partial charge in [0.15, 0.2) is 0 Å². The van der Waals surface area contributed by atoms with Gasteiger partial charge < -0.3 is 10.2 Å². The van der Waals surface area contributed by atoms with E-state index in [0.717, 1.165) is 5.56 Å². The molecule has 0 fully saturated rings. The van der Waals surface area contributed by atoms with Gasteiger partial charge in [-0.25, -0.2) is 0 Å². The number of amides is 2. The highest BCUT2D eigenvalue weighted by Gasteiger charge is 2.05. The predicted molar refractivity (Wildman–Crippen MR) is 68.2 cm³/mol. The fourth-order valence-corrected chi connectivity index (χ4v) is 1.30. The van der Waals surface area contributed by atoms with Gasteiger partial charge in [0.05, 0.1) is 6.42 Å². The van der Waals surface area contributed by atoms with Crippen LogP contribution in [0.4, 0.5) is 5.69 Å².